The summed E-state index contributed by atoms with van der Waals surface area (Å²) in [5, 5.41) is 15.7. The average Bonchev–Trinajstić information content (AvgIpc) is 2.46. The van der Waals surface area contributed by atoms with Crippen molar-refractivity contribution in [2.75, 3.05) is 0 Å². The third kappa shape index (κ3) is 1.82. The van der Waals surface area contributed by atoms with E-state index in [0.29, 0.717) is 0 Å². The molecular weight excluding hydrogens is 180 g/mol. The van der Waals surface area contributed by atoms with E-state index in [0.717, 1.165) is 4.68 Å². The Morgan fingerprint density at radius 3 is 2.46 bits per heavy atom. The molecule has 0 fully saturated rings. The Kier molecular flexibility index (Phi) is 2.92. The second-order valence-corrected chi connectivity index (χ2v) is 2.92. The van der Waals surface area contributed by atoms with Crippen LogP contribution in [0.2, 0.25) is 0 Å². The number of aliphatic hydroxyl groups is 1. The Hall–Kier alpha value is -1.04. The van der Waals surface area contributed by atoms with Gasteiger partial charge < -0.3 is 5.11 Å². The van der Waals surface area contributed by atoms with Crippen LogP contribution in [0.4, 0.5) is 8.78 Å². The Bertz CT molecular complexity index is 285. The number of aliphatic hydroxyl groups excluding tert-OH is 1. The predicted octanol–water partition coefficient (Wildman–Crippen LogP) is 1.29. The molecule has 0 amide bonds. The van der Waals surface area contributed by atoms with Gasteiger partial charge in [-0.25, -0.2) is 13.5 Å². The summed E-state index contributed by atoms with van der Waals surface area (Å²) in [4.78, 5) is 0. The normalized spacial score (nSPS) is 11.6. The molecule has 1 N–H and O–H groups in total. The van der Waals surface area contributed by atoms with E-state index in [4.69, 9.17) is 5.11 Å². The van der Waals surface area contributed by atoms with Gasteiger partial charge in [0.05, 0.1) is 6.61 Å². The fourth-order valence-electron chi connectivity index (χ4n) is 1.05. The monoisotopic (exact) mass is 191 g/mol. The summed E-state index contributed by atoms with van der Waals surface area (Å²) in [5.74, 6) is 0. The Morgan fingerprint density at radius 1 is 1.46 bits per heavy atom. The molecule has 0 aromatic carbocycles. The van der Waals surface area contributed by atoms with Gasteiger partial charge in [-0.1, -0.05) is 5.21 Å². The van der Waals surface area contributed by atoms with Crippen molar-refractivity contribution in [3.63, 3.8) is 0 Å². The van der Waals surface area contributed by atoms with Crippen LogP contribution in [0.25, 0.3) is 0 Å². The maximum absolute atomic E-state index is 12.5. The molecule has 1 aromatic rings. The number of rotatable bonds is 3. The molecule has 4 nitrogen and oxygen atoms in total. The van der Waals surface area contributed by atoms with Crippen molar-refractivity contribution >= 4 is 0 Å². The summed E-state index contributed by atoms with van der Waals surface area (Å²) in [6.45, 7) is 2.94. The number of hydrogen-bond acceptors (Lipinski definition) is 3. The highest BCUT2D eigenvalue weighted by Gasteiger charge is 2.22. The van der Waals surface area contributed by atoms with Crippen LogP contribution in [0, 0.1) is 0 Å². The minimum atomic E-state index is -2.65. The van der Waals surface area contributed by atoms with Crippen LogP contribution in [0.3, 0.4) is 0 Å². The first-order chi connectivity index (χ1) is 6.07. The molecule has 0 aliphatic heterocycles. The molecule has 6 heteroatoms. The van der Waals surface area contributed by atoms with E-state index in [1.165, 1.54) is 0 Å². The van der Waals surface area contributed by atoms with Crippen molar-refractivity contribution in [3.05, 3.63) is 11.4 Å². The van der Waals surface area contributed by atoms with Gasteiger partial charge in [0, 0.05) is 6.04 Å². The van der Waals surface area contributed by atoms with Gasteiger partial charge in [-0.05, 0) is 13.8 Å². The Morgan fingerprint density at radius 2 is 2.08 bits per heavy atom. The molecule has 0 bridgehead atoms. The van der Waals surface area contributed by atoms with Gasteiger partial charge in [0.1, 0.15) is 11.4 Å². The molecule has 0 atom stereocenters. The molecule has 0 radical (unpaired) electrons. The van der Waals surface area contributed by atoms with Crippen LogP contribution < -0.4 is 0 Å². The smallest absolute Gasteiger partial charge is 0.282 e. The lowest BCUT2D eigenvalue weighted by molar-refractivity contribution is 0.133. The number of aromatic nitrogens is 3. The van der Waals surface area contributed by atoms with Gasteiger partial charge in [0.25, 0.3) is 6.43 Å². The summed E-state index contributed by atoms with van der Waals surface area (Å²) >= 11 is 0. The molecule has 0 aliphatic rings. The van der Waals surface area contributed by atoms with Crippen molar-refractivity contribution in [2.24, 2.45) is 0 Å². The Labute approximate surface area is 74.2 Å². The second kappa shape index (κ2) is 3.78. The van der Waals surface area contributed by atoms with Crippen molar-refractivity contribution in [3.8, 4) is 0 Å². The summed E-state index contributed by atoms with van der Waals surface area (Å²) < 4.78 is 26.0. The summed E-state index contributed by atoms with van der Waals surface area (Å²) in [6, 6.07) is -0.184. The molecule has 0 saturated carbocycles. The summed E-state index contributed by atoms with van der Waals surface area (Å²) in [5.41, 5.74) is -0.346. The average molecular weight is 191 g/mol. The third-order valence-electron chi connectivity index (χ3n) is 1.65. The van der Waals surface area contributed by atoms with E-state index >= 15 is 0 Å². The maximum Gasteiger partial charge on any atom is 0.282 e. The molecule has 0 spiro atoms. The molecule has 1 aromatic heterocycles. The van der Waals surface area contributed by atoms with Crippen molar-refractivity contribution in [1.82, 2.24) is 15.0 Å². The zero-order valence-electron chi connectivity index (χ0n) is 7.41. The zero-order valence-corrected chi connectivity index (χ0v) is 7.41. The van der Waals surface area contributed by atoms with E-state index in [2.05, 4.69) is 10.3 Å². The summed E-state index contributed by atoms with van der Waals surface area (Å²) in [7, 11) is 0. The van der Waals surface area contributed by atoms with Gasteiger partial charge in [-0.3, -0.25) is 0 Å². The molecule has 0 unspecified atom stereocenters. The number of hydrogen-bond donors (Lipinski definition) is 1. The topological polar surface area (TPSA) is 50.9 Å². The minimum Gasteiger partial charge on any atom is -0.390 e. The highest BCUT2D eigenvalue weighted by atomic mass is 19.3. The summed E-state index contributed by atoms with van der Waals surface area (Å²) in [6.07, 6.45) is -2.65. The van der Waals surface area contributed by atoms with Gasteiger partial charge >= 0.3 is 0 Å². The standard InChI is InChI=1S/C7H11F2N3O/c1-4(2)12-6(7(8)9)5(3-13)10-11-12/h4,7,13H,3H2,1-2H3. The van der Waals surface area contributed by atoms with Crippen molar-refractivity contribution in [1.29, 1.82) is 0 Å². The van der Waals surface area contributed by atoms with Crippen LogP contribution in [-0.2, 0) is 6.61 Å². The largest absolute Gasteiger partial charge is 0.390 e. The third-order valence-corrected chi connectivity index (χ3v) is 1.65. The van der Waals surface area contributed by atoms with Gasteiger partial charge in [0.15, 0.2) is 0 Å². The van der Waals surface area contributed by atoms with Crippen molar-refractivity contribution in [2.45, 2.75) is 32.9 Å². The van der Waals surface area contributed by atoms with Gasteiger partial charge in [0.2, 0.25) is 0 Å². The molecule has 0 saturated heterocycles. The molecule has 74 valence electrons. The van der Waals surface area contributed by atoms with Crippen LogP contribution in [0.1, 0.15) is 37.7 Å². The van der Waals surface area contributed by atoms with E-state index in [9.17, 15) is 8.78 Å². The van der Waals surface area contributed by atoms with Crippen LogP contribution in [0.5, 0.6) is 0 Å². The van der Waals surface area contributed by atoms with E-state index in [1.807, 2.05) is 0 Å². The fraction of sp³-hybridized carbons (Fsp3) is 0.714. The lowest BCUT2D eigenvalue weighted by atomic mass is 10.3. The number of halogens is 2. The molecule has 1 rings (SSSR count). The first-order valence-electron chi connectivity index (χ1n) is 3.91. The highest BCUT2D eigenvalue weighted by Crippen LogP contribution is 2.23. The molecule has 13 heavy (non-hydrogen) atoms. The lowest BCUT2D eigenvalue weighted by Crippen LogP contribution is -2.09. The zero-order chi connectivity index (χ0) is 10.0. The van der Waals surface area contributed by atoms with Crippen LogP contribution >= 0.6 is 0 Å². The Balaban J connectivity index is 3.14. The number of alkyl halides is 2. The first-order valence-corrected chi connectivity index (χ1v) is 3.91. The number of nitrogens with zero attached hydrogens (tertiary/aromatic N) is 3. The van der Waals surface area contributed by atoms with Crippen molar-refractivity contribution < 1.29 is 13.9 Å². The van der Waals surface area contributed by atoms with Gasteiger partial charge in [-0.15, -0.1) is 5.10 Å². The predicted molar refractivity (Wildman–Crippen MR) is 41.3 cm³/mol. The first kappa shape index (κ1) is 10.0. The van der Waals surface area contributed by atoms with E-state index in [1.54, 1.807) is 13.8 Å². The molecule has 0 aliphatic carbocycles. The van der Waals surface area contributed by atoms with Crippen LogP contribution in [0.15, 0.2) is 0 Å². The van der Waals surface area contributed by atoms with E-state index in [-0.39, 0.29) is 17.4 Å². The fourth-order valence-corrected chi connectivity index (χ4v) is 1.05. The van der Waals surface area contributed by atoms with Gasteiger partial charge in [-0.2, -0.15) is 0 Å². The van der Waals surface area contributed by atoms with E-state index < -0.39 is 13.0 Å². The maximum atomic E-state index is 12.5. The molecular formula is C7H11F2N3O. The lowest BCUT2D eigenvalue weighted by Gasteiger charge is -2.08. The molecule has 1 heterocycles. The quantitative estimate of drug-likeness (QED) is 0.783. The van der Waals surface area contributed by atoms with Crippen LogP contribution in [-0.4, -0.2) is 20.1 Å². The second-order valence-electron chi connectivity index (χ2n) is 2.92. The highest BCUT2D eigenvalue weighted by molar-refractivity contribution is 5.11. The minimum absolute atomic E-state index is 0.0521. The SMILES string of the molecule is CC(C)n1nnc(CO)c1C(F)F.